The molecule has 16 heavy (non-hydrogen) atoms. The molecule has 1 aliphatic rings. The molecule has 1 aromatic carbocycles. The van der Waals surface area contributed by atoms with Gasteiger partial charge in [-0.2, -0.15) is 0 Å². The Morgan fingerprint density at radius 2 is 2.12 bits per heavy atom. The fourth-order valence-corrected chi connectivity index (χ4v) is 2.58. The van der Waals surface area contributed by atoms with E-state index in [4.69, 9.17) is 18.0 Å². The molecule has 0 spiro atoms. The summed E-state index contributed by atoms with van der Waals surface area (Å²) in [5.74, 6) is 0. The Kier molecular flexibility index (Phi) is 3.91. The molecule has 1 heterocycles. The predicted octanol–water partition coefficient (Wildman–Crippen LogP) is 2.33. The first-order valence-electron chi connectivity index (χ1n) is 5.82. The molecule has 0 radical (unpaired) electrons. The van der Waals surface area contributed by atoms with E-state index in [9.17, 15) is 0 Å². The van der Waals surface area contributed by atoms with Gasteiger partial charge in [0, 0.05) is 19.0 Å². The number of nitrogens with zero attached hydrogens (tertiary/aromatic N) is 1. The van der Waals surface area contributed by atoms with Crippen molar-refractivity contribution in [2.24, 2.45) is 5.73 Å². The van der Waals surface area contributed by atoms with Gasteiger partial charge in [-0.15, -0.1) is 0 Å². The molecule has 1 aliphatic heterocycles. The number of likely N-dealkylation sites (tertiary alicyclic amines) is 1. The molecule has 2 nitrogen and oxygen atoms in total. The Bertz CT molecular complexity index is 350. The summed E-state index contributed by atoms with van der Waals surface area (Å²) in [5.41, 5.74) is 7.01. The number of hydrogen-bond donors (Lipinski definition) is 1. The maximum absolute atomic E-state index is 5.63. The summed E-state index contributed by atoms with van der Waals surface area (Å²) < 4.78 is 0. The molecule has 3 heteroatoms. The summed E-state index contributed by atoms with van der Waals surface area (Å²) in [7, 11) is 0. The smallest absolute Gasteiger partial charge is 0.0743 e. The molecule has 2 N–H and O–H groups in total. The quantitative estimate of drug-likeness (QED) is 0.811. The fourth-order valence-electron chi connectivity index (χ4n) is 2.38. The van der Waals surface area contributed by atoms with Gasteiger partial charge in [0.15, 0.2) is 0 Å². The summed E-state index contributed by atoms with van der Waals surface area (Å²) in [4.78, 5) is 3.14. The van der Waals surface area contributed by atoms with Crippen molar-refractivity contribution in [1.29, 1.82) is 0 Å². The van der Waals surface area contributed by atoms with E-state index in [1.54, 1.807) is 0 Å². The van der Waals surface area contributed by atoms with E-state index in [0.29, 0.717) is 11.0 Å². The molecule has 0 bridgehead atoms. The molecule has 0 aromatic heterocycles. The first kappa shape index (κ1) is 11.6. The van der Waals surface area contributed by atoms with Gasteiger partial charge in [-0.3, -0.25) is 4.90 Å². The zero-order chi connectivity index (χ0) is 11.4. The van der Waals surface area contributed by atoms with Crippen molar-refractivity contribution in [3.05, 3.63) is 35.9 Å². The minimum Gasteiger partial charge on any atom is -0.393 e. The van der Waals surface area contributed by atoms with Crippen LogP contribution in [0.4, 0.5) is 0 Å². The number of thiocarbonyl (C=S) groups is 1. The van der Waals surface area contributed by atoms with E-state index in [1.807, 2.05) is 0 Å². The molecule has 0 aliphatic carbocycles. The maximum Gasteiger partial charge on any atom is 0.0743 e. The lowest BCUT2D eigenvalue weighted by Gasteiger charge is -2.24. The highest BCUT2D eigenvalue weighted by molar-refractivity contribution is 7.80. The van der Waals surface area contributed by atoms with Crippen molar-refractivity contribution >= 4 is 17.2 Å². The second-order valence-corrected chi connectivity index (χ2v) is 4.95. The summed E-state index contributed by atoms with van der Waals surface area (Å²) >= 11 is 5.00. The van der Waals surface area contributed by atoms with Crippen LogP contribution >= 0.6 is 12.2 Å². The molecule has 1 fully saturated rings. The third-order valence-electron chi connectivity index (χ3n) is 3.16. The third kappa shape index (κ3) is 3.03. The average Bonchev–Trinajstić information content (AvgIpc) is 2.66. The zero-order valence-corrected chi connectivity index (χ0v) is 10.2. The van der Waals surface area contributed by atoms with Gasteiger partial charge in [0.25, 0.3) is 0 Å². The molecule has 1 saturated heterocycles. The first-order valence-corrected chi connectivity index (χ1v) is 6.23. The normalized spacial score (nSPS) is 21.1. The molecular weight excluding hydrogens is 216 g/mol. The molecule has 1 aromatic rings. The fraction of sp³-hybridized carbons (Fsp3) is 0.462. The molecular formula is C13H18N2S. The van der Waals surface area contributed by atoms with E-state index >= 15 is 0 Å². The lowest BCUT2D eigenvalue weighted by Crippen LogP contribution is -2.32. The standard InChI is InChI=1S/C13H18N2S/c14-13(16)9-12-7-4-8-15(12)10-11-5-2-1-3-6-11/h1-3,5-6,12H,4,7-10H2,(H2,14,16). The van der Waals surface area contributed by atoms with Gasteiger partial charge in [0.1, 0.15) is 0 Å². The van der Waals surface area contributed by atoms with Crippen LogP contribution in [0.5, 0.6) is 0 Å². The van der Waals surface area contributed by atoms with Crippen LogP contribution in [0.3, 0.4) is 0 Å². The lowest BCUT2D eigenvalue weighted by molar-refractivity contribution is 0.250. The van der Waals surface area contributed by atoms with E-state index < -0.39 is 0 Å². The summed E-state index contributed by atoms with van der Waals surface area (Å²) in [5, 5.41) is 0. The minimum absolute atomic E-state index is 0.553. The summed E-state index contributed by atoms with van der Waals surface area (Å²) in [6, 6.07) is 11.1. The highest BCUT2D eigenvalue weighted by Crippen LogP contribution is 2.22. The Morgan fingerprint density at radius 3 is 2.81 bits per heavy atom. The van der Waals surface area contributed by atoms with Gasteiger partial charge >= 0.3 is 0 Å². The van der Waals surface area contributed by atoms with E-state index in [0.717, 1.165) is 13.0 Å². The monoisotopic (exact) mass is 234 g/mol. The molecule has 86 valence electrons. The van der Waals surface area contributed by atoms with Crippen LogP contribution in [-0.4, -0.2) is 22.5 Å². The predicted molar refractivity (Wildman–Crippen MR) is 71.3 cm³/mol. The lowest BCUT2D eigenvalue weighted by atomic mass is 10.1. The van der Waals surface area contributed by atoms with Crippen molar-refractivity contribution in [3.8, 4) is 0 Å². The van der Waals surface area contributed by atoms with Gasteiger partial charge in [0.05, 0.1) is 4.99 Å². The SMILES string of the molecule is NC(=S)CC1CCCN1Cc1ccccc1. The Morgan fingerprint density at radius 1 is 1.38 bits per heavy atom. The highest BCUT2D eigenvalue weighted by atomic mass is 32.1. The summed E-state index contributed by atoms with van der Waals surface area (Å²) in [6.07, 6.45) is 3.35. The van der Waals surface area contributed by atoms with Crippen molar-refractivity contribution in [2.45, 2.75) is 31.8 Å². The van der Waals surface area contributed by atoms with Crippen LogP contribution < -0.4 is 5.73 Å². The van der Waals surface area contributed by atoms with Crippen molar-refractivity contribution in [2.75, 3.05) is 6.54 Å². The molecule has 1 atom stereocenters. The topological polar surface area (TPSA) is 29.3 Å². The first-order chi connectivity index (χ1) is 7.75. The van der Waals surface area contributed by atoms with Gasteiger partial charge in [0.2, 0.25) is 0 Å². The van der Waals surface area contributed by atoms with Gasteiger partial charge in [-0.1, -0.05) is 42.5 Å². The highest BCUT2D eigenvalue weighted by Gasteiger charge is 2.24. The van der Waals surface area contributed by atoms with Crippen LogP contribution in [0.1, 0.15) is 24.8 Å². The van der Waals surface area contributed by atoms with Gasteiger partial charge in [-0.25, -0.2) is 0 Å². The largest absolute Gasteiger partial charge is 0.393 e. The van der Waals surface area contributed by atoms with Crippen LogP contribution in [0, 0.1) is 0 Å². The van der Waals surface area contributed by atoms with Crippen LogP contribution in [0.2, 0.25) is 0 Å². The third-order valence-corrected chi connectivity index (χ3v) is 3.33. The van der Waals surface area contributed by atoms with Crippen LogP contribution in [0.25, 0.3) is 0 Å². The van der Waals surface area contributed by atoms with Crippen molar-refractivity contribution in [1.82, 2.24) is 4.90 Å². The molecule has 0 amide bonds. The molecule has 1 unspecified atom stereocenters. The van der Waals surface area contributed by atoms with Gasteiger partial charge in [-0.05, 0) is 24.9 Å². The van der Waals surface area contributed by atoms with Crippen LogP contribution in [-0.2, 0) is 6.54 Å². The van der Waals surface area contributed by atoms with E-state index in [2.05, 4.69) is 35.2 Å². The Labute approximate surface area is 102 Å². The molecule has 0 saturated carbocycles. The number of rotatable bonds is 4. The number of benzene rings is 1. The zero-order valence-electron chi connectivity index (χ0n) is 9.43. The Hall–Kier alpha value is -0.930. The average molecular weight is 234 g/mol. The van der Waals surface area contributed by atoms with Crippen molar-refractivity contribution < 1.29 is 0 Å². The number of hydrogen-bond acceptors (Lipinski definition) is 2. The number of nitrogens with two attached hydrogens (primary N) is 1. The van der Waals surface area contributed by atoms with E-state index in [1.165, 1.54) is 24.9 Å². The van der Waals surface area contributed by atoms with E-state index in [-0.39, 0.29) is 0 Å². The minimum atomic E-state index is 0.553. The van der Waals surface area contributed by atoms with Crippen molar-refractivity contribution in [3.63, 3.8) is 0 Å². The van der Waals surface area contributed by atoms with Crippen LogP contribution in [0.15, 0.2) is 30.3 Å². The Balaban J connectivity index is 1.96. The summed E-state index contributed by atoms with van der Waals surface area (Å²) in [6.45, 7) is 2.19. The molecule has 2 rings (SSSR count). The maximum atomic E-state index is 5.63. The second-order valence-electron chi connectivity index (χ2n) is 4.42. The second kappa shape index (κ2) is 5.41. The van der Waals surface area contributed by atoms with Gasteiger partial charge < -0.3 is 5.73 Å².